The molecule has 5 nitrogen and oxygen atoms in total. The number of pyridine rings is 1. The van der Waals surface area contributed by atoms with Gasteiger partial charge in [-0.15, -0.1) is 0 Å². The second-order valence-corrected chi connectivity index (χ2v) is 6.36. The number of hydrogen-bond acceptors (Lipinski definition) is 4. The number of hydrogen-bond donors (Lipinski definition) is 0. The van der Waals surface area contributed by atoms with Gasteiger partial charge < -0.3 is 9.64 Å². The normalized spacial score (nSPS) is 24.7. The van der Waals surface area contributed by atoms with E-state index in [2.05, 4.69) is 16.9 Å². The third-order valence-corrected chi connectivity index (χ3v) is 4.87. The third-order valence-electron chi connectivity index (χ3n) is 4.87. The van der Waals surface area contributed by atoms with Crippen molar-refractivity contribution in [2.24, 2.45) is 5.92 Å². The molecular weight excluding hydrogens is 266 g/mol. The molecule has 2 aliphatic heterocycles. The summed E-state index contributed by atoms with van der Waals surface area (Å²) in [7, 11) is 2.17. The van der Waals surface area contributed by atoms with Gasteiger partial charge in [-0.2, -0.15) is 0 Å². The van der Waals surface area contributed by atoms with Gasteiger partial charge in [-0.1, -0.05) is 6.07 Å². The fraction of sp³-hybridized carbons (Fsp3) is 0.625. The molecule has 0 aromatic carbocycles. The maximum absolute atomic E-state index is 11.4. The van der Waals surface area contributed by atoms with Crippen LogP contribution in [0.5, 0.6) is 5.88 Å². The molecule has 2 aliphatic rings. The predicted molar refractivity (Wildman–Crippen MR) is 80.1 cm³/mol. The van der Waals surface area contributed by atoms with Crippen LogP contribution in [-0.2, 0) is 4.79 Å². The van der Waals surface area contributed by atoms with E-state index in [0.29, 0.717) is 18.4 Å². The number of likely N-dealkylation sites (tertiary alicyclic amines) is 2. The highest BCUT2D eigenvalue weighted by molar-refractivity contribution is 5.74. The zero-order valence-corrected chi connectivity index (χ0v) is 12.8. The fourth-order valence-electron chi connectivity index (χ4n) is 3.44. The average Bonchev–Trinajstić information content (AvgIpc) is 2.45. The number of ether oxygens (including phenoxy) is 1. The van der Waals surface area contributed by atoms with Gasteiger partial charge in [-0.05, 0) is 38.4 Å². The summed E-state index contributed by atoms with van der Waals surface area (Å²) in [4.78, 5) is 20.0. The van der Waals surface area contributed by atoms with Gasteiger partial charge in [0.2, 0.25) is 11.8 Å². The predicted octanol–water partition coefficient (Wildman–Crippen LogP) is 1.40. The summed E-state index contributed by atoms with van der Waals surface area (Å²) in [6, 6.07) is 5.73. The quantitative estimate of drug-likeness (QED) is 0.844. The minimum atomic E-state index is 0.169. The van der Waals surface area contributed by atoms with Crippen LogP contribution in [0.3, 0.4) is 0 Å². The Kier molecular flexibility index (Phi) is 3.85. The molecule has 114 valence electrons. The molecule has 2 fully saturated rings. The lowest BCUT2D eigenvalue weighted by Gasteiger charge is -2.58. The first-order chi connectivity index (χ1) is 10.1. The minimum absolute atomic E-state index is 0.169. The van der Waals surface area contributed by atoms with Gasteiger partial charge in [-0.25, -0.2) is 4.98 Å². The van der Waals surface area contributed by atoms with Crippen molar-refractivity contribution in [2.45, 2.75) is 25.3 Å². The first kappa shape index (κ1) is 14.3. The van der Waals surface area contributed by atoms with Crippen molar-refractivity contribution in [3.05, 3.63) is 24.4 Å². The van der Waals surface area contributed by atoms with Crippen molar-refractivity contribution in [3.8, 4) is 5.88 Å². The summed E-state index contributed by atoms with van der Waals surface area (Å²) < 4.78 is 5.81. The Morgan fingerprint density at radius 2 is 2.29 bits per heavy atom. The molecular formula is C16H23N3O2. The van der Waals surface area contributed by atoms with E-state index in [1.54, 1.807) is 13.1 Å². The molecule has 0 bridgehead atoms. The highest BCUT2D eigenvalue weighted by Gasteiger charge is 2.50. The number of amides is 1. The van der Waals surface area contributed by atoms with Crippen LogP contribution in [-0.4, -0.2) is 59.5 Å². The lowest BCUT2D eigenvalue weighted by molar-refractivity contribution is -0.148. The molecule has 0 saturated carbocycles. The molecule has 21 heavy (non-hydrogen) atoms. The first-order valence-electron chi connectivity index (χ1n) is 7.60. The van der Waals surface area contributed by atoms with Gasteiger partial charge >= 0.3 is 0 Å². The topological polar surface area (TPSA) is 45.7 Å². The zero-order valence-electron chi connectivity index (χ0n) is 12.8. The Hall–Kier alpha value is -1.62. The maximum atomic E-state index is 11.4. The molecule has 1 spiro atoms. The van der Waals surface area contributed by atoms with Gasteiger partial charge in [0.25, 0.3) is 0 Å². The van der Waals surface area contributed by atoms with E-state index in [-0.39, 0.29) is 11.4 Å². The van der Waals surface area contributed by atoms with E-state index < -0.39 is 0 Å². The van der Waals surface area contributed by atoms with Gasteiger partial charge in [0, 0.05) is 32.3 Å². The molecule has 2 saturated heterocycles. The van der Waals surface area contributed by atoms with Gasteiger partial charge in [0.15, 0.2) is 0 Å². The standard InChI is InChI=1S/C16H23N3O2/c1-13(20)19-11-16(12-19)9-14(6-8-18(16)2)10-21-15-5-3-4-7-17-15/h3-5,7,14H,6,8-12H2,1-2H3. The van der Waals surface area contributed by atoms with Crippen LogP contribution < -0.4 is 4.74 Å². The molecule has 1 amide bonds. The summed E-state index contributed by atoms with van der Waals surface area (Å²) in [5.74, 6) is 1.42. The second-order valence-electron chi connectivity index (χ2n) is 6.36. The number of piperidine rings is 1. The Bertz CT molecular complexity index is 500. The SMILES string of the molecule is CC(=O)N1CC2(CC(COc3ccccn3)CCN2C)C1. The Labute approximate surface area is 125 Å². The smallest absolute Gasteiger partial charge is 0.219 e. The molecule has 0 radical (unpaired) electrons. The molecule has 3 rings (SSSR count). The zero-order chi connectivity index (χ0) is 14.9. The van der Waals surface area contributed by atoms with Gasteiger partial charge in [-0.3, -0.25) is 9.69 Å². The number of carbonyl (C=O) groups is 1. The van der Waals surface area contributed by atoms with Crippen LogP contribution in [0, 0.1) is 5.92 Å². The fourth-order valence-corrected chi connectivity index (χ4v) is 3.44. The van der Waals surface area contributed by atoms with E-state index in [0.717, 1.165) is 32.5 Å². The number of likely N-dealkylation sites (N-methyl/N-ethyl adjacent to an activating group) is 1. The maximum Gasteiger partial charge on any atom is 0.219 e. The summed E-state index contributed by atoms with van der Waals surface area (Å²) in [6.45, 7) is 5.16. The van der Waals surface area contributed by atoms with Crippen molar-refractivity contribution in [2.75, 3.05) is 33.3 Å². The van der Waals surface area contributed by atoms with E-state index in [9.17, 15) is 4.79 Å². The van der Waals surface area contributed by atoms with Crippen LogP contribution in [0.4, 0.5) is 0 Å². The molecule has 0 aliphatic carbocycles. The third kappa shape index (κ3) is 2.88. The lowest BCUT2D eigenvalue weighted by atomic mass is 9.75. The number of nitrogens with zero attached hydrogens (tertiary/aromatic N) is 3. The number of rotatable bonds is 3. The van der Waals surface area contributed by atoms with Crippen molar-refractivity contribution in [1.29, 1.82) is 0 Å². The number of carbonyl (C=O) groups excluding carboxylic acids is 1. The minimum Gasteiger partial charge on any atom is -0.477 e. The summed E-state index contributed by atoms with van der Waals surface area (Å²) in [6.07, 6.45) is 3.99. The van der Waals surface area contributed by atoms with Crippen molar-refractivity contribution < 1.29 is 9.53 Å². The van der Waals surface area contributed by atoms with E-state index in [1.807, 2.05) is 23.1 Å². The summed E-state index contributed by atoms with van der Waals surface area (Å²) in [5, 5.41) is 0. The van der Waals surface area contributed by atoms with Crippen LogP contribution in [0.1, 0.15) is 19.8 Å². The highest BCUT2D eigenvalue weighted by Crippen LogP contribution is 2.38. The Morgan fingerprint density at radius 1 is 1.48 bits per heavy atom. The molecule has 1 unspecified atom stereocenters. The van der Waals surface area contributed by atoms with Gasteiger partial charge in [0.05, 0.1) is 12.1 Å². The monoisotopic (exact) mass is 289 g/mol. The van der Waals surface area contributed by atoms with Gasteiger partial charge in [0.1, 0.15) is 0 Å². The average molecular weight is 289 g/mol. The Balaban J connectivity index is 1.55. The summed E-state index contributed by atoms with van der Waals surface area (Å²) >= 11 is 0. The van der Waals surface area contributed by atoms with Crippen LogP contribution in [0.15, 0.2) is 24.4 Å². The van der Waals surface area contributed by atoms with Crippen LogP contribution in [0.2, 0.25) is 0 Å². The lowest BCUT2D eigenvalue weighted by Crippen LogP contribution is -2.72. The molecule has 5 heteroatoms. The van der Waals surface area contributed by atoms with E-state index in [4.69, 9.17) is 4.74 Å². The summed E-state index contributed by atoms with van der Waals surface area (Å²) in [5.41, 5.74) is 0.169. The number of aromatic nitrogens is 1. The van der Waals surface area contributed by atoms with Crippen molar-refractivity contribution in [1.82, 2.24) is 14.8 Å². The molecule has 1 aromatic heterocycles. The van der Waals surface area contributed by atoms with Crippen LogP contribution in [0.25, 0.3) is 0 Å². The Morgan fingerprint density at radius 3 is 2.95 bits per heavy atom. The molecule has 0 N–H and O–H groups in total. The first-order valence-corrected chi connectivity index (χ1v) is 7.60. The molecule has 1 aromatic rings. The van der Waals surface area contributed by atoms with Crippen LogP contribution >= 0.6 is 0 Å². The van der Waals surface area contributed by atoms with E-state index >= 15 is 0 Å². The molecule has 3 heterocycles. The largest absolute Gasteiger partial charge is 0.477 e. The second kappa shape index (κ2) is 5.64. The van der Waals surface area contributed by atoms with Crippen molar-refractivity contribution >= 4 is 5.91 Å². The van der Waals surface area contributed by atoms with Crippen molar-refractivity contribution in [3.63, 3.8) is 0 Å². The highest BCUT2D eigenvalue weighted by atomic mass is 16.5. The molecule has 1 atom stereocenters. The van der Waals surface area contributed by atoms with E-state index in [1.165, 1.54) is 0 Å².